The average Bonchev–Trinajstić information content (AvgIpc) is 3.04. The molecule has 3 unspecified atom stereocenters. The van der Waals surface area contributed by atoms with Gasteiger partial charge in [0, 0.05) is 12.6 Å². The second-order valence-corrected chi connectivity index (χ2v) is 7.71. The van der Waals surface area contributed by atoms with E-state index in [0.29, 0.717) is 12.0 Å². The van der Waals surface area contributed by atoms with Gasteiger partial charge in [0.15, 0.2) is 0 Å². The second kappa shape index (κ2) is 7.31. The maximum atomic E-state index is 12.0. The summed E-state index contributed by atoms with van der Waals surface area (Å²) in [5.74, 6) is 0.372. The van der Waals surface area contributed by atoms with Gasteiger partial charge in [-0.15, -0.1) is 0 Å². The molecule has 3 N–H and O–H groups in total. The van der Waals surface area contributed by atoms with Gasteiger partial charge in [-0.2, -0.15) is 0 Å². The molecule has 2 saturated heterocycles. The topological polar surface area (TPSA) is 58.4 Å². The zero-order valence-corrected chi connectivity index (χ0v) is 14.0. The highest BCUT2D eigenvalue weighted by atomic mass is 16.1. The number of amides is 1. The van der Waals surface area contributed by atoms with Crippen LogP contribution in [0.25, 0.3) is 0 Å². The van der Waals surface area contributed by atoms with Crippen LogP contribution in [0.4, 0.5) is 0 Å². The van der Waals surface area contributed by atoms with Crippen LogP contribution < -0.4 is 11.1 Å². The second-order valence-electron chi connectivity index (χ2n) is 7.71. The van der Waals surface area contributed by atoms with Gasteiger partial charge in [0.05, 0.1) is 0 Å². The van der Waals surface area contributed by atoms with Crippen molar-refractivity contribution >= 4 is 5.91 Å². The van der Waals surface area contributed by atoms with E-state index >= 15 is 0 Å². The Labute approximate surface area is 135 Å². The Bertz CT molecular complexity index is 387. The smallest absolute Gasteiger partial charge is 0.238 e. The van der Waals surface area contributed by atoms with E-state index < -0.39 is 0 Å². The minimum Gasteiger partial charge on any atom is -0.368 e. The van der Waals surface area contributed by atoms with Gasteiger partial charge in [-0.25, -0.2) is 0 Å². The first kappa shape index (κ1) is 16.3. The van der Waals surface area contributed by atoms with Crippen molar-refractivity contribution in [2.24, 2.45) is 11.7 Å². The summed E-state index contributed by atoms with van der Waals surface area (Å²) >= 11 is 0. The number of nitrogens with zero attached hydrogens (tertiary/aromatic N) is 1. The van der Waals surface area contributed by atoms with Crippen molar-refractivity contribution in [3.8, 4) is 0 Å². The molecule has 22 heavy (non-hydrogen) atoms. The number of fused-ring (bicyclic) bond motifs is 2. The van der Waals surface area contributed by atoms with Crippen LogP contribution in [0, 0.1) is 5.92 Å². The van der Waals surface area contributed by atoms with Crippen molar-refractivity contribution in [3.63, 3.8) is 0 Å². The summed E-state index contributed by atoms with van der Waals surface area (Å²) in [4.78, 5) is 14.6. The third-order valence-corrected chi connectivity index (χ3v) is 6.19. The molecular formula is C18H33N3O. The third kappa shape index (κ3) is 3.65. The molecule has 0 aromatic carbocycles. The summed E-state index contributed by atoms with van der Waals surface area (Å²) < 4.78 is 0. The Morgan fingerprint density at radius 1 is 0.955 bits per heavy atom. The maximum Gasteiger partial charge on any atom is 0.238 e. The summed E-state index contributed by atoms with van der Waals surface area (Å²) in [7, 11) is 0. The van der Waals surface area contributed by atoms with E-state index in [0.717, 1.165) is 13.0 Å². The maximum absolute atomic E-state index is 12.0. The van der Waals surface area contributed by atoms with E-state index in [1.165, 1.54) is 77.3 Å². The van der Waals surface area contributed by atoms with Crippen LogP contribution in [-0.2, 0) is 4.79 Å². The van der Waals surface area contributed by atoms with Crippen molar-refractivity contribution in [1.82, 2.24) is 10.2 Å². The highest BCUT2D eigenvalue weighted by Gasteiger charge is 2.58. The van der Waals surface area contributed by atoms with Gasteiger partial charge in [0.25, 0.3) is 0 Å². The molecule has 1 amide bonds. The molecule has 3 aliphatic rings. The highest BCUT2D eigenvalue weighted by Crippen LogP contribution is 2.47. The van der Waals surface area contributed by atoms with Gasteiger partial charge < -0.3 is 11.1 Å². The predicted molar refractivity (Wildman–Crippen MR) is 89.6 cm³/mol. The Morgan fingerprint density at radius 2 is 1.64 bits per heavy atom. The molecule has 0 radical (unpaired) electrons. The Balaban J connectivity index is 1.60. The van der Waals surface area contributed by atoms with Gasteiger partial charge in [-0.3, -0.25) is 9.69 Å². The largest absolute Gasteiger partial charge is 0.368 e. The zero-order valence-electron chi connectivity index (χ0n) is 14.0. The normalized spacial score (nSPS) is 38.4. The SMILES string of the molecule is NC(=O)C12CC1CCCCCCCCCN1CCCC1CN2. The summed E-state index contributed by atoms with van der Waals surface area (Å²) in [6.45, 7) is 3.41. The van der Waals surface area contributed by atoms with E-state index in [-0.39, 0.29) is 11.4 Å². The molecule has 4 heteroatoms. The molecule has 1 saturated carbocycles. The lowest BCUT2D eigenvalue weighted by atomic mass is 10.0. The molecular weight excluding hydrogens is 274 g/mol. The van der Waals surface area contributed by atoms with Crippen LogP contribution in [0.3, 0.4) is 0 Å². The fourth-order valence-electron chi connectivity index (χ4n) is 4.59. The van der Waals surface area contributed by atoms with Gasteiger partial charge in [0.2, 0.25) is 5.91 Å². The number of carbonyl (C=O) groups excluding carboxylic acids is 1. The third-order valence-electron chi connectivity index (χ3n) is 6.19. The van der Waals surface area contributed by atoms with Crippen LogP contribution in [0.15, 0.2) is 0 Å². The first-order chi connectivity index (χ1) is 10.7. The number of hydrogen-bond acceptors (Lipinski definition) is 3. The van der Waals surface area contributed by atoms with Crippen molar-refractivity contribution in [2.75, 3.05) is 19.6 Å². The Morgan fingerprint density at radius 3 is 2.41 bits per heavy atom. The minimum absolute atomic E-state index is 0.119. The summed E-state index contributed by atoms with van der Waals surface area (Å²) in [6, 6.07) is 0.614. The summed E-state index contributed by atoms with van der Waals surface area (Å²) in [5, 5.41) is 3.59. The molecule has 3 fully saturated rings. The molecule has 0 aromatic heterocycles. The molecule has 4 nitrogen and oxygen atoms in total. The molecule has 126 valence electrons. The Kier molecular flexibility index (Phi) is 5.40. The monoisotopic (exact) mass is 307 g/mol. The average molecular weight is 307 g/mol. The molecule has 3 rings (SSSR count). The van der Waals surface area contributed by atoms with E-state index in [1.54, 1.807) is 0 Å². The molecule has 0 aromatic rings. The van der Waals surface area contributed by atoms with E-state index in [4.69, 9.17) is 5.73 Å². The Hall–Kier alpha value is -0.610. The fraction of sp³-hybridized carbons (Fsp3) is 0.944. The molecule has 2 aliphatic heterocycles. The molecule has 2 heterocycles. The molecule has 1 aliphatic carbocycles. The van der Waals surface area contributed by atoms with Crippen molar-refractivity contribution < 1.29 is 4.79 Å². The van der Waals surface area contributed by atoms with E-state index in [1.807, 2.05) is 0 Å². The van der Waals surface area contributed by atoms with Crippen molar-refractivity contribution in [3.05, 3.63) is 0 Å². The van der Waals surface area contributed by atoms with Gasteiger partial charge in [-0.1, -0.05) is 38.5 Å². The first-order valence-corrected chi connectivity index (χ1v) is 9.51. The lowest BCUT2D eigenvalue weighted by Gasteiger charge is -2.27. The number of primary amides is 1. The first-order valence-electron chi connectivity index (χ1n) is 9.51. The van der Waals surface area contributed by atoms with Crippen molar-refractivity contribution in [2.45, 2.75) is 82.2 Å². The van der Waals surface area contributed by atoms with Crippen molar-refractivity contribution in [1.29, 1.82) is 0 Å². The van der Waals surface area contributed by atoms with Gasteiger partial charge in [0.1, 0.15) is 5.54 Å². The van der Waals surface area contributed by atoms with Crippen LogP contribution in [0.5, 0.6) is 0 Å². The lowest BCUT2D eigenvalue weighted by molar-refractivity contribution is -0.121. The summed E-state index contributed by atoms with van der Waals surface area (Å²) in [6.07, 6.45) is 14.1. The number of nitrogens with two attached hydrogens (primary N) is 1. The lowest BCUT2D eigenvalue weighted by Crippen LogP contribution is -2.50. The molecule has 0 spiro atoms. The van der Waals surface area contributed by atoms with E-state index in [2.05, 4.69) is 10.2 Å². The van der Waals surface area contributed by atoms with Gasteiger partial charge in [-0.05, 0) is 51.1 Å². The number of rotatable bonds is 1. The molecule has 0 bridgehead atoms. The summed E-state index contributed by atoms with van der Waals surface area (Å²) in [5.41, 5.74) is 5.36. The van der Waals surface area contributed by atoms with Gasteiger partial charge >= 0.3 is 0 Å². The van der Waals surface area contributed by atoms with Crippen LogP contribution in [0.1, 0.15) is 70.6 Å². The standard InChI is InChI=1S/C18H33N3O/c19-17(22)18-13-15(18)9-6-4-2-1-3-5-7-11-21-12-8-10-16(21)14-20-18/h15-16,20H,1-14H2,(H2,19,22). The van der Waals surface area contributed by atoms with E-state index in [9.17, 15) is 4.79 Å². The van der Waals surface area contributed by atoms with Crippen LogP contribution in [-0.4, -0.2) is 42.0 Å². The molecule has 3 atom stereocenters. The highest BCUT2D eigenvalue weighted by molar-refractivity contribution is 5.88. The number of hydrogen-bond donors (Lipinski definition) is 2. The quantitative estimate of drug-likeness (QED) is 0.782. The number of carbonyl (C=O) groups is 1. The zero-order chi connectivity index (χ0) is 15.4. The minimum atomic E-state index is -0.367. The predicted octanol–water partition coefficient (Wildman–Crippen LogP) is 2.42. The number of nitrogens with one attached hydrogen (secondary N) is 1. The van der Waals surface area contributed by atoms with Crippen LogP contribution in [0.2, 0.25) is 0 Å². The van der Waals surface area contributed by atoms with Crippen LogP contribution >= 0.6 is 0 Å². The fourth-order valence-corrected chi connectivity index (χ4v) is 4.59.